The summed E-state index contributed by atoms with van der Waals surface area (Å²) in [5, 5.41) is 0. The van der Waals surface area contributed by atoms with Gasteiger partial charge >= 0.3 is 0 Å². The highest BCUT2D eigenvalue weighted by molar-refractivity contribution is 4.75. The average Bonchev–Trinajstić information content (AvgIpc) is 2.60. The molecule has 0 spiro atoms. The predicted octanol–water partition coefficient (Wildman–Crippen LogP) is 9.57. The van der Waals surface area contributed by atoms with Crippen LogP contribution in [-0.4, -0.2) is 0 Å². The zero-order chi connectivity index (χ0) is 19.0. The van der Waals surface area contributed by atoms with Crippen LogP contribution in [0.4, 0.5) is 0 Å². The first-order chi connectivity index (χ1) is 12.6. The number of unbranched alkanes of at least 4 members (excludes halogenated alkanes) is 8. The first-order valence-corrected chi connectivity index (χ1v) is 12.6. The standard InChI is InChI=1S/C26H52/c1-23(2)17-11-7-5-9-13-19-25-21-15-16-22-26(25)20-14-10-6-8-12-18-24(3)4/h23-26H,5-22H2,1-4H3. The summed E-state index contributed by atoms with van der Waals surface area (Å²) in [6.45, 7) is 9.42. The van der Waals surface area contributed by atoms with Crippen LogP contribution in [-0.2, 0) is 0 Å². The van der Waals surface area contributed by atoms with Gasteiger partial charge in [0.1, 0.15) is 0 Å². The molecular formula is C26H52. The Morgan fingerprint density at radius 1 is 0.500 bits per heavy atom. The molecule has 2 atom stereocenters. The minimum atomic E-state index is 0.896. The zero-order valence-corrected chi connectivity index (χ0v) is 19.0. The van der Waals surface area contributed by atoms with Gasteiger partial charge in [-0.15, -0.1) is 0 Å². The van der Waals surface area contributed by atoms with Crippen LogP contribution >= 0.6 is 0 Å². The fourth-order valence-electron chi connectivity index (χ4n) is 5.02. The van der Waals surface area contributed by atoms with E-state index in [1.807, 2.05) is 0 Å². The molecule has 1 aliphatic rings. The fourth-order valence-corrected chi connectivity index (χ4v) is 5.02. The number of rotatable bonds is 16. The third kappa shape index (κ3) is 13.2. The molecule has 0 heteroatoms. The third-order valence-corrected chi connectivity index (χ3v) is 6.78. The minimum absolute atomic E-state index is 0.896. The van der Waals surface area contributed by atoms with Crippen LogP contribution in [0.5, 0.6) is 0 Å². The molecule has 0 bridgehead atoms. The Bertz CT molecular complexity index is 260. The van der Waals surface area contributed by atoms with Gasteiger partial charge in [0.25, 0.3) is 0 Å². The Kier molecular flexibility index (Phi) is 14.8. The van der Waals surface area contributed by atoms with Crippen LogP contribution in [0, 0.1) is 23.7 Å². The molecule has 2 unspecified atom stereocenters. The lowest BCUT2D eigenvalue weighted by Gasteiger charge is -2.32. The van der Waals surface area contributed by atoms with Crippen molar-refractivity contribution in [1.29, 1.82) is 0 Å². The first kappa shape index (κ1) is 24.0. The van der Waals surface area contributed by atoms with E-state index in [0.29, 0.717) is 0 Å². The first-order valence-electron chi connectivity index (χ1n) is 12.6. The Morgan fingerprint density at radius 2 is 0.846 bits per heavy atom. The van der Waals surface area contributed by atoms with Crippen molar-refractivity contribution in [1.82, 2.24) is 0 Å². The van der Waals surface area contributed by atoms with Gasteiger partial charge in [0.05, 0.1) is 0 Å². The van der Waals surface area contributed by atoms with Gasteiger partial charge in [-0.25, -0.2) is 0 Å². The van der Waals surface area contributed by atoms with E-state index in [4.69, 9.17) is 0 Å². The molecular weight excluding hydrogens is 312 g/mol. The van der Waals surface area contributed by atoms with Crippen molar-refractivity contribution in [2.45, 2.75) is 143 Å². The molecule has 0 saturated heterocycles. The maximum Gasteiger partial charge on any atom is -0.0386 e. The summed E-state index contributed by atoms with van der Waals surface area (Å²) >= 11 is 0. The molecule has 0 radical (unpaired) electrons. The Balaban J connectivity index is 2.02. The smallest absolute Gasteiger partial charge is 0.0386 e. The molecule has 1 aliphatic carbocycles. The van der Waals surface area contributed by atoms with Crippen LogP contribution in [0.15, 0.2) is 0 Å². The molecule has 1 rings (SSSR count). The summed E-state index contributed by atoms with van der Waals surface area (Å²) < 4.78 is 0. The highest BCUT2D eigenvalue weighted by Crippen LogP contribution is 2.37. The Morgan fingerprint density at radius 3 is 1.23 bits per heavy atom. The van der Waals surface area contributed by atoms with E-state index in [1.165, 1.54) is 89.9 Å². The maximum atomic E-state index is 2.36. The molecule has 0 aliphatic heterocycles. The second-order valence-electron chi connectivity index (χ2n) is 10.3. The molecule has 1 saturated carbocycles. The van der Waals surface area contributed by atoms with E-state index < -0.39 is 0 Å². The van der Waals surface area contributed by atoms with Crippen molar-refractivity contribution in [3.05, 3.63) is 0 Å². The van der Waals surface area contributed by atoms with Crippen LogP contribution in [0.1, 0.15) is 143 Å². The van der Waals surface area contributed by atoms with Gasteiger partial charge in [0.2, 0.25) is 0 Å². The van der Waals surface area contributed by atoms with Crippen molar-refractivity contribution in [2.24, 2.45) is 23.7 Å². The molecule has 0 heterocycles. The largest absolute Gasteiger partial charge is 0.0628 e. The van der Waals surface area contributed by atoms with E-state index >= 15 is 0 Å². The number of hydrogen-bond donors (Lipinski definition) is 0. The van der Waals surface area contributed by atoms with E-state index in [2.05, 4.69) is 27.7 Å². The minimum Gasteiger partial charge on any atom is -0.0628 e. The lowest BCUT2D eigenvalue weighted by atomic mass is 9.74. The van der Waals surface area contributed by atoms with Crippen LogP contribution in [0.25, 0.3) is 0 Å². The summed E-state index contributed by atoms with van der Waals surface area (Å²) in [4.78, 5) is 0. The maximum absolute atomic E-state index is 2.36. The average molecular weight is 365 g/mol. The van der Waals surface area contributed by atoms with Crippen molar-refractivity contribution in [3.63, 3.8) is 0 Å². The molecule has 0 aromatic rings. The molecule has 0 aromatic carbocycles. The van der Waals surface area contributed by atoms with Crippen LogP contribution < -0.4 is 0 Å². The summed E-state index contributed by atoms with van der Waals surface area (Å²) in [7, 11) is 0. The number of hydrogen-bond acceptors (Lipinski definition) is 0. The van der Waals surface area contributed by atoms with E-state index in [1.54, 1.807) is 25.7 Å². The van der Waals surface area contributed by atoms with Gasteiger partial charge in [0.15, 0.2) is 0 Å². The van der Waals surface area contributed by atoms with Gasteiger partial charge in [-0.1, -0.05) is 143 Å². The fraction of sp³-hybridized carbons (Fsp3) is 1.00. The van der Waals surface area contributed by atoms with Gasteiger partial charge < -0.3 is 0 Å². The monoisotopic (exact) mass is 364 g/mol. The third-order valence-electron chi connectivity index (χ3n) is 6.78. The van der Waals surface area contributed by atoms with E-state index in [0.717, 1.165) is 23.7 Å². The molecule has 0 N–H and O–H groups in total. The molecule has 0 aromatic heterocycles. The van der Waals surface area contributed by atoms with Crippen molar-refractivity contribution in [3.8, 4) is 0 Å². The van der Waals surface area contributed by atoms with Crippen molar-refractivity contribution in [2.75, 3.05) is 0 Å². The summed E-state index contributed by atoms with van der Waals surface area (Å²) in [6.07, 6.45) is 26.9. The van der Waals surface area contributed by atoms with Gasteiger partial charge in [-0.2, -0.15) is 0 Å². The quantitative estimate of drug-likeness (QED) is 0.239. The highest BCUT2D eigenvalue weighted by Gasteiger charge is 2.23. The molecule has 0 amide bonds. The lowest BCUT2D eigenvalue weighted by Crippen LogP contribution is -2.19. The molecule has 26 heavy (non-hydrogen) atoms. The molecule has 1 fully saturated rings. The lowest BCUT2D eigenvalue weighted by molar-refractivity contribution is 0.202. The summed E-state index contributed by atoms with van der Waals surface area (Å²) in [5.41, 5.74) is 0. The summed E-state index contributed by atoms with van der Waals surface area (Å²) in [6, 6.07) is 0. The predicted molar refractivity (Wildman–Crippen MR) is 120 cm³/mol. The zero-order valence-electron chi connectivity index (χ0n) is 19.0. The van der Waals surface area contributed by atoms with Gasteiger partial charge in [-0.3, -0.25) is 0 Å². The van der Waals surface area contributed by atoms with E-state index in [9.17, 15) is 0 Å². The van der Waals surface area contributed by atoms with Crippen LogP contribution in [0.2, 0.25) is 0 Å². The molecule has 156 valence electrons. The highest BCUT2D eigenvalue weighted by atomic mass is 14.3. The van der Waals surface area contributed by atoms with Gasteiger partial charge in [-0.05, 0) is 23.7 Å². The topological polar surface area (TPSA) is 0 Å². The Hall–Kier alpha value is 0. The SMILES string of the molecule is CC(C)CCCCCCCC1CCCCC1CCCCCCCC(C)C. The van der Waals surface area contributed by atoms with E-state index in [-0.39, 0.29) is 0 Å². The Labute approximate surface area is 167 Å². The normalized spacial score (nSPS) is 21.0. The van der Waals surface area contributed by atoms with Crippen molar-refractivity contribution >= 4 is 0 Å². The second-order valence-corrected chi connectivity index (χ2v) is 10.3. The summed E-state index contributed by atoms with van der Waals surface area (Å²) in [5.74, 6) is 3.96. The van der Waals surface area contributed by atoms with Gasteiger partial charge in [0, 0.05) is 0 Å². The molecule has 0 nitrogen and oxygen atoms in total. The van der Waals surface area contributed by atoms with Crippen LogP contribution in [0.3, 0.4) is 0 Å². The van der Waals surface area contributed by atoms with Crippen molar-refractivity contribution < 1.29 is 0 Å². The second kappa shape index (κ2) is 16.0.